The normalized spacial score (nSPS) is 15.4. The first-order chi connectivity index (χ1) is 16.1. The Balaban J connectivity index is 1.27. The number of aromatic nitrogens is 2. The van der Waals surface area contributed by atoms with E-state index < -0.39 is 0 Å². The van der Waals surface area contributed by atoms with Crippen molar-refractivity contribution in [1.82, 2.24) is 14.9 Å². The van der Waals surface area contributed by atoms with Crippen molar-refractivity contribution in [1.29, 1.82) is 0 Å². The highest BCUT2D eigenvalue weighted by Gasteiger charge is 2.25. The highest BCUT2D eigenvalue weighted by Crippen LogP contribution is 2.32. The third kappa shape index (κ3) is 4.45. The highest BCUT2D eigenvalue weighted by molar-refractivity contribution is 6.03. The van der Waals surface area contributed by atoms with E-state index in [-0.39, 0.29) is 30.1 Å². The number of fused-ring (bicyclic) bond motifs is 2. The Bertz CT molecular complexity index is 1320. The fraction of sp³-hybridized carbons (Fsp3) is 0.231. The molecule has 168 valence electrons. The van der Waals surface area contributed by atoms with Gasteiger partial charge in [-0.3, -0.25) is 4.79 Å². The van der Waals surface area contributed by atoms with Crippen LogP contribution in [0.15, 0.2) is 66.9 Å². The van der Waals surface area contributed by atoms with Crippen molar-refractivity contribution >= 4 is 22.4 Å². The van der Waals surface area contributed by atoms with Crippen molar-refractivity contribution in [3.8, 4) is 5.75 Å². The largest absolute Gasteiger partial charge is 0.508 e. The summed E-state index contributed by atoms with van der Waals surface area (Å²) in [6.07, 6.45) is 4.66. The molecule has 1 aromatic heterocycles. The molecule has 6 nitrogen and oxygen atoms in total. The molecular weight excluding hydrogens is 419 g/mol. The van der Waals surface area contributed by atoms with Gasteiger partial charge in [0.05, 0.1) is 18.3 Å². The van der Waals surface area contributed by atoms with Gasteiger partial charge in [0, 0.05) is 30.2 Å². The molecule has 7 heteroatoms. The number of imidazole rings is 1. The van der Waals surface area contributed by atoms with Crippen LogP contribution >= 0.6 is 0 Å². The average molecular weight is 445 g/mol. The van der Waals surface area contributed by atoms with Gasteiger partial charge in [0.15, 0.2) is 0 Å². The van der Waals surface area contributed by atoms with Crippen LogP contribution in [0, 0.1) is 5.82 Å². The molecular formula is C26H25FN4O2. The van der Waals surface area contributed by atoms with Crippen LogP contribution in [0.25, 0.3) is 10.8 Å². The van der Waals surface area contributed by atoms with Crippen LogP contribution in [-0.4, -0.2) is 27.1 Å². The summed E-state index contributed by atoms with van der Waals surface area (Å²) >= 11 is 0. The van der Waals surface area contributed by atoms with Gasteiger partial charge in [-0.25, -0.2) is 9.37 Å². The zero-order chi connectivity index (χ0) is 22.8. The number of phenols is 1. The average Bonchev–Trinajstić information content (AvgIpc) is 3.23. The van der Waals surface area contributed by atoms with Gasteiger partial charge in [0.25, 0.3) is 0 Å². The van der Waals surface area contributed by atoms with Crippen LogP contribution in [-0.2, 0) is 17.8 Å². The SMILES string of the molecule is O=C(CNCc1cnc2n1C(c1cccc(F)c1)CCC2)Nc1cccc2ccc(O)cc12. The molecule has 0 radical (unpaired) electrons. The topological polar surface area (TPSA) is 79.2 Å². The number of anilines is 1. The van der Waals surface area contributed by atoms with E-state index in [4.69, 9.17) is 0 Å². The number of amides is 1. The monoisotopic (exact) mass is 444 g/mol. The number of nitrogens with zero attached hydrogens (tertiary/aromatic N) is 2. The number of aryl methyl sites for hydroxylation is 1. The number of carbonyl (C=O) groups excluding carboxylic acids is 1. The van der Waals surface area contributed by atoms with Crippen LogP contribution in [0.2, 0.25) is 0 Å². The van der Waals surface area contributed by atoms with Gasteiger partial charge in [-0.05, 0) is 54.1 Å². The molecule has 0 saturated carbocycles. The Morgan fingerprint density at radius 2 is 2.03 bits per heavy atom. The molecule has 3 aromatic carbocycles. The summed E-state index contributed by atoms with van der Waals surface area (Å²) in [7, 11) is 0. The van der Waals surface area contributed by atoms with Crippen LogP contribution in [0.5, 0.6) is 5.75 Å². The molecule has 1 unspecified atom stereocenters. The maximum Gasteiger partial charge on any atom is 0.238 e. The van der Waals surface area contributed by atoms with Crippen molar-refractivity contribution in [2.24, 2.45) is 0 Å². The van der Waals surface area contributed by atoms with Gasteiger partial charge < -0.3 is 20.3 Å². The Morgan fingerprint density at radius 1 is 1.15 bits per heavy atom. The second-order valence-electron chi connectivity index (χ2n) is 8.36. The quantitative estimate of drug-likeness (QED) is 0.408. The van der Waals surface area contributed by atoms with Crippen molar-refractivity contribution in [2.75, 3.05) is 11.9 Å². The Hall–Kier alpha value is -3.71. The number of nitrogens with one attached hydrogen (secondary N) is 2. The van der Waals surface area contributed by atoms with E-state index in [1.807, 2.05) is 36.5 Å². The summed E-state index contributed by atoms with van der Waals surface area (Å²) in [6.45, 7) is 0.600. The molecule has 1 amide bonds. The van der Waals surface area contributed by atoms with Crippen LogP contribution in [0.1, 0.15) is 36.0 Å². The van der Waals surface area contributed by atoms with E-state index in [9.17, 15) is 14.3 Å². The molecule has 3 N–H and O–H groups in total. The minimum atomic E-state index is -0.238. The van der Waals surface area contributed by atoms with Crippen molar-refractivity contribution < 1.29 is 14.3 Å². The van der Waals surface area contributed by atoms with Gasteiger partial charge in [-0.15, -0.1) is 0 Å². The molecule has 5 rings (SSSR count). The summed E-state index contributed by atoms with van der Waals surface area (Å²) < 4.78 is 16.0. The van der Waals surface area contributed by atoms with Gasteiger partial charge >= 0.3 is 0 Å². The predicted octanol–water partition coefficient (Wildman–Crippen LogP) is 4.54. The first-order valence-electron chi connectivity index (χ1n) is 11.1. The molecule has 0 fully saturated rings. The summed E-state index contributed by atoms with van der Waals surface area (Å²) in [6, 6.07) is 17.5. The Morgan fingerprint density at radius 3 is 2.91 bits per heavy atom. The second kappa shape index (κ2) is 9.03. The van der Waals surface area contributed by atoms with Gasteiger partial charge in [-0.2, -0.15) is 0 Å². The number of phenolic OH excluding ortho intramolecular Hbond substituents is 1. The van der Waals surface area contributed by atoms with Crippen LogP contribution in [0.3, 0.4) is 0 Å². The van der Waals surface area contributed by atoms with E-state index in [0.717, 1.165) is 47.1 Å². The van der Waals surface area contributed by atoms with Gasteiger partial charge in [0.1, 0.15) is 17.4 Å². The van der Waals surface area contributed by atoms with Gasteiger partial charge in [-0.1, -0.05) is 30.3 Å². The molecule has 2 heterocycles. The molecule has 1 atom stereocenters. The minimum absolute atomic E-state index is 0.0425. The maximum atomic E-state index is 13.8. The fourth-order valence-electron chi connectivity index (χ4n) is 4.62. The van der Waals surface area contributed by atoms with E-state index in [2.05, 4.69) is 20.2 Å². The third-order valence-corrected chi connectivity index (χ3v) is 6.10. The lowest BCUT2D eigenvalue weighted by atomic mass is 9.97. The highest BCUT2D eigenvalue weighted by atomic mass is 19.1. The first kappa shape index (κ1) is 21.2. The fourth-order valence-corrected chi connectivity index (χ4v) is 4.62. The summed E-state index contributed by atoms with van der Waals surface area (Å²) in [4.78, 5) is 17.1. The number of benzene rings is 3. The maximum absolute atomic E-state index is 13.8. The molecule has 0 spiro atoms. The van der Waals surface area contributed by atoms with Crippen LogP contribution < -0.4 is 10.6 Å². The summed E-state index contributed by atoms with van der Waals surface area (Å²) in [5.74, 6) is 0.733. The molecule has 1 aliphatic heterocycles. The molecule has 1 aliphatic rings. The van der Waals surface area contributed by atoms with Crippen molar-refractivity contribution in [3.63, 3.8) is 0 Å². The van der Waals surface area contributed by atoms with E-state index in [1.54, 1.807) is 24.3 Å². The van der Waals surface area contributed by atoms with Crippen molar-refractivity contribution in [2.45, 2.75) is 31.8 Å². The first-order valence-corrected chi connectivity index (χ1v) is 11.1. The predicted molar refractivity (Wildman–Crippen MR) is 126 cm³/mol. The number of hydrogen-bond donors (Lipinski definition) is 3. The minimum Gasteiger partial charge on any atom is -0.508 e. The molecule has 4 aromatic rings. The number of rotatable bonds is 6. The summed E-state index contributed by atoms with van der Waals surface area (Å²) in [5.41, 5.74) is 2.57. The second-order valence-corrected chi connectivity index (χ2v) is 8.36. The van der Waals surface area contributed by atoms with Gasteiger partial charge in [0.2, 0.25) is 5.91 Å². The number of aromatic hydroxyl groups is 1. The van der Waals surface area contributed by atoms with E-state index >= 15 is 0 Å². The lowest BCUT2D eigenvalue weighted by Gasteiger charge is -2.28. The smallest absolute Gasteiger partial charge is 0.238 e. The molecule has 0 aliphatic carbocycles. The molecule has 0 saturated heterocycles. The third-order valence-electron chi connectivity index (χ3n) is 6.10. The summed E-state index contributed by atoms with van der Waals surface area (Å²) in [5, 5.41) is 17.6. The van der Waals surface area contributed by atoms with Crippen molar-refractivity contribution in [3.05, 3.63) is 89.8 Å². The zero-order valence-electron chi connectivity index (χ0n) is 18.1. The molecule has 0 bridgehead atoms. The standard InChI is InChI=1S/C26H25FN4O2/c27-19-6-1-5-18(12-19)24-8-3-9-25-29-15-20(31(24)25)14-28-16-26(33)30-23-7-2-4-17-10-11-21(32)13-22(17)23/h1-2,4-7,10-13,15,24,28,32H,3,8-9,14,16H2,(H,30,33). The zero-order valence-corrected chi connectivity index (χ0v) is 18.1. The molecule has 33 heavy (non-hydrogen) atoms. The van der Waals surface area contributed by atoms with E-state index in [1.165, 1.54) is 6.07 Å². The number of hydrogen-bond acceptors (Lipinski definition) is 4. The lowest BCUT2D eigenvalue weighted by Crippen LogP contribution is -2.29. The van der Waals surface area contributed by atoms with Crippen LogP contribution in [0.4, 0.5) is 10.1 Å². The Labute approximate surface area is 191 Å². The number of halogens is 1. The Kier molecular flexibility index (Phi) is 5.79. The lowest BCUT2D eigenvalue weighted by molar-refractivity contribution is -0.115. The van der Waals surface area contributed by atoms with E-state index in [0.29, 0.717) is 12.2 Å². The number of carbonyl (C=O) groups is 1.